The lowest BCUT2D eigenvalue weighted by atomic mass is 10.3. The number of halogens is 1. The summed E-state index contributed by atoms with van der Waals surface area (Å²) in [5.74, 6) is 0.812. The zero-order valence-corrected chi connectivity index (χ0v) is 14.3. The average Bonchev–Trinajstić information content (AvgIpc) is 3.20. The molecule has 120 valence electrons. The van der Waals surface area contributed by atoms with Gasteiger partial charge in [-0.2, -0.15) is 5.10 Å². The van der Waals surface area contributed by atoms with E-state index in [1.54, 1.807) is 12.4 Å². The molecule has 0 bridgehead atoms. The Hall–Kier alpha value is -2.05. The highest BCUT2D eigenvalue weighted by Gasteiger charge is 2.07. The second-order valence-electron chi connectivity index (χ2n) is 4.86. The van der Waals surface area contributed by atoms with Gasteiger partial charge in [0.2, 0.25) is 0 Å². The summed E-state index contributed by atoms with van der Waals surface area (Å²) >= 11 is 7.32. The summed E-state index contributed by atoms with van der Waals surface area (Å²) in [5.41, 5.74) is 2.00. The standard InChI is InChI=1S/C16H17ClN4OS/c1-2-21-12(7-8-20-21)11-22-15-6-4-3-5-14(15)18-9-13-10-19-16(17)23-13/h3-8,10,18H,2,9,11H2,1H3. The molecule has 0 aliphatic heterocycles. The van der Waals surface area contributed by atoms with Crippen LogP contribution < -0.4 is 10.1 Å². The summed E-state index contributed by atoms with van der Waals surface area (Å²) in [6.45, 7) is 4.04. The summed E-state index contributed by atoms with van der Waals surface area (Å²) in [5, 5.41) is 7.62. The van der Waals surface area contributed by atoms with Gasteiger partial charge in [0.05, 0.1) is 17.9 Å². The van der Waals surface area contributed by atoms with Gasteiger partial charge in [0.1, 0.15) is 12.4 Å². The first-order chi connectivity index (χ1) is 11.3. The summed E-state index contributed by atoms with van der Waals surface area (Å²) < 4.78 is 8.44. The largest absolute Gasteiger partial charge is 0.485 e. The fourth-order valence-corrected chi connectivity index (χ4v) is 3.12. The summed E-state index contributed by atoms with van der Waals surface area (Å²) in [4.78, 5) is 5.12. The zero-order valence-electron chi connectivity index (χ0n) is 12.7. The van der Waals surface area contributed by atoms with E-state index in [0.717, 1.165) is 28.6 Å². The van der Waals surface area contributed by atoms with Gasteiger partial charge in [-0.1, -0.05) is 23.7 Å². The van der Waals surface area contributed by atoms with Crippen LogP contribution in [-0.4, -0.2) is 14.8 Å². The van der Waals surface area contributed by atoms with Gasteiger partial charge < -0.3 is 10.1 Å². The number of hydrogen-bond donors (Lipinski definition) is 1. The van der Waals surface area contributed by atoms with Crippen LogP contribution >= 0.6 is 22.9 Å². The third kappa shape index (κ3) is 4.03. The fourth-order valence-electron chi connectivity index (χ4n) is 2.21. The number of nitrogens with zero attached hydrogens (tertiary/aromatic N) is 3. The predicted molar refractivity (Wildman–Crippen MR) is 93.1 cm³/mol. The second kappa shape index (κ2) is 7.48. The lowest BCUT2D eigenvalue weighted by molar-refractivity contribution is 0.294. The molecular formula is C16H17ClN4OS. The van der Waals surface area contributed by atoms with E-state index in [-0.39, 0.29) is 0 Å². The Morgan fingerprint density at radius 2 is 2.17 bits per heavy atom. The molecule has 0 amide bonds. The van der Waals surface area contributed by atoms with Crippen molar-refractivity contribution in [2.24, 2.45) is 0 Å². The number of aryl methyl sites for hydroxylation is 1. The van der Waals surface area contributed by atoms with Gasteiger partial charge >= 0.3 is 0 Å². The molecule has 0 aliphatic rings. The third-order valence-electron chi connectivity index (χ3n) is 3.35. The molecule has 5 nitrogen and oxygen atoms in total. The Bertz CT molecular complexity index is 771. The van der Waals surface area contributed by atoms with Crippen molar-refractivity contribution in [2.45, 2.75) is 26.6 Å². The van der Waals surface area contributed by atoms with Crippen LogP contribution in [0.3, 0.4) is 0 Å². The van der Waals surface area contributed by atoms with Crippen LogP contribution in [0.2, 0.25) is 4.47 Å². The lowest BCUT2D eigenvalue weighted by Crippen LogP contribution is -2.07. The van der Waals surface area contributed by atoms with Crippen LogP contribution in [0.5, 0.6) is 5.75 Å². The molecule has 0 aliphatic carbocycles. The molecule has 0 atom stereocenters. The van der Waals surface area contributed by atoms with E-state index >= 15 is 0 Å². The molecule has 2 aromatic heterocycles. The minimum absolute atomic E-state index is 0.485. The minimum atomic E-state index is 0.485. The summed E-state index contributed by atoms with van der Waals surface area (Å²) in [6.07, 6.45) is 3.57. The Balaban J connectivity index is 1.65. The van der Waals surface area contributed by atoms with Gasteiger partial charge in [-0.05, 0) is 25.1 Å². The molecule has 0 saturated carbocycles. The molecule has 7 heteroatoms. The number of ether oxygens (including phenoxy) is 1. The topological polar surface area (TPSA) is 52.0 Å². The van der Waals surface area contributed by atoms with E-state index in [1.165, 1.54) is 11.3 Å². The van der Waals surface area contributed by atoms with Gasteiger partial charge in [-0.15, -0.1) is 11.3 Å². The maximum Gasteiger partial charge on any atom is 0.183 e. The lowest BCUT2D eigenvalue weighted by Gasteiger charge is -2.13. The van der Waals surface area contributed by atoms with Crippen molar-refractivity contribution >= 4 is 28.6 Å². The molecule has 0 spiro atoms. The van der Waals surface area contributed by atoms with E-state index in [1.807, 2.05) is 35.0 Å². The van der Waals surface area contributed by atoms with Crippen molar-refractivity contribution in [3.8, 4) is 5.75 Å². The molecule has 3 aromatic rings. The molecular weight excluding hydrogens is 332 g/mol. The molecule has 2 heterocycles. The number of benzene rings is 1. The monoisotopic (exact) mass is 348 g/mol. The number of nitrogens with one attached hydrogen (secondary N) is 1. The van der Waals surface area contributed by atoms with Crippen molar-refractivity contribution in [3.63, 3.8) is 0 Å². The molecule has 0 unspecified atom stereocenters. The maximum absolute atomic E-state index is 5.96. The van der Waals surface area contributed by atoms with Gasteiger partial charge in [0.25, 0.3) is 0 Å². The van der Waals surface area contributed by atoms with Crippen molar-refractivity contribution in [1.82, 2.24) is 14.8 Å². The molecule has 0 radical (unpaired) electrons. The average molecular weight is 349 g/mol. The number of anilines is 1. The third-order valence-corrected chi connectivity index (χ3v) is 4.46. The highest BCUT2D eigenvalue weighted by molar-refractivity contribution is 7.15. The van der Waals surface area contributed by atoms with Crippen LogP contribution in [0.25, 0.3) is 0 Å². The summed E-state index contributed by atoms with van der Waals surface area (Å²) in [7, 11) is 0. The predicted octanol–water partition coefficient (Wildman–Crippen LogP) is 4.20. The highest BCUT2D eigenvalue weighted by Crippen LogP contribution is 2.26. The van der Waals surface area contributed by atoms with Gasteiger partial charge in [-0.3, -0.25) is 4.68 Å². The Morgan fingerprint density at radius 1 is 1.30 bits per heavy atom. The van der Waals surface area contributed by atoms with E-state index in [2.05, 4.69) is 22.3 Å². The second-order valence-corrected chi connectivity index (χ2v) is 6.55. The molecule has 3 rings (SSSR count). The SMILES string of the molecule is CCn1nccc1COc1ccccc1NCc1cnc(Cl)s1. The van der Waals surface area contributed by atoms with E-state index in [0.29, 0.717) is 17.6 Å². The first-order valence-electron chi connectivity index (χ1n) is 7.33. The Morgan fingerprint density at radius 3 is 2.96 bits per heavy atom. The molecule has 23 heavy (non-hydrogen) atoms. The summed E-state index contributed by atoms with van der Waals surface area (Å²) in [6, 6.07) is 9.86. The quantitative estimate of drug-likeness (QED) is 0.695. The van der Waals surface area contributed by atoms with E-state index in [9.17, 15) is 0 Å². The van der Waals surface area contributed by atoms with Crippen LogP contribution in [0.4, 0.5) is 5.69 Å². The van der Waals surface area contributed by atoms with Crippen LogP contribution in [-0.2, 0) is 19.7 Å². The normalized spacial score (nSPS) is 10.7. The first kappa shape index (κ1) is 15.8. The molecule has 1 aromatic carbocycles. The molecule has 0 fully saturated rings. The number of thiazole rings is 1. The van der Waals surface area contributed by atoms with Crippen LogP contribution in [0, 0.1) is 0 Å². The smallest absolute Gasteiger partial charge is 0.183 e. The van der Waals surface area contributed by atoms with Crippen molar-refractivity contribution in [3.05, 3.63) is 57.8 Å². The van der Waals surface area contributed by atoms with Gasteiger partial charge in [0, 0.05) is 23.8 Å². The number of para-hydroxylation sites is 2. The van der Waals surface area contributed by atoms with Crippen molar-refractivity contribution < 1.29 is 4.74 Å². The van der Waals surface area contributed by atoms with Crippen LogP contribution in [0.15, 0.2) is 42.7 Å². The van der Waals surface area contributed by atoms with E-state index in [4.69, 9.17) is 16.3 Å². The molecule has 0 saturated heterocycles. The van der Waals surface area contributed by atoms with Crippen LogP contribution in [0.1, 0.15) is 17.5 Å². The Kier molecular flexibility index (Phi) is 5.15. The first-order valence-corrected chi connectivity index (χ1v) is 8.52. The molecule has 1 N–H and O–H groups in total. The maximum atomic E-state index is 5.96. The van der Waals surface area contributed by atoms with Crippen molar-refractivity contribution in [1.29, 1.82) is 0 Å². The number of rotatable bonds is 7. The Labute approximate surface area is 143 Å². The minimum Gasteiger partial charge on any atom is -0.485 e. The fraction of sp³-hybridized carbons (Fsp3) is 0.250. The zero-order chi connectivity index (χ0) is 16.1. The van der Waals surface area contributed by atoms with Crippen molar-refractivity contribution in [2.75, 3.05) is 5.32 Å². The van der Waals surface area contributed by atoms with Gasteiger partial charge in [-0.25, -0.2) is 4.98 Å². The number of hydrogen-bond acceptors (Lipinski definition) is 5. The van der Waals surface area contributed by atoms with E-state index < -0.39 is 0 Å². The van der Waals surface area contributed by atoms with Gasteiger partial charge in [0.15, 0.2) is 4.47 Å². The number of aromatic nitrogens is 3. The highest BCUT2D eigenvalue weighted by atomic mass is 35.5.